The van der Waals surface area contributed by atoms with Crippen molar-refractivity contribution in [3.63, 3.8) is 0 Å². The average Bonchev–Trinajstić information content (AvgIpc) is 2.65. The number of fused-ring (bicyclic) bond motifs is 1. The van der Waals surface area contributed by atoms with Crippen molar-refractivity contribution in [2.24, 2.45) is 0 Å². The van der Waals surface area contributed by atoms with E-state index in [-0.39, 0.29) is 11.4 Å². The molecular formula is C16H23FN2O. The lowest BCUT2D eigenvalue weighted by molar-refractivity contribution is 0.416. The molecule has 0 aliphatic heterocycles. The molecular weight excluding hydrogens is 255 g/mol. The molecule has 1 aromatic carbocycles. The summed E-state index contributed by atoms with van der Waals surface area (Å²) < 4.78 is 19.0. The van der Waals surface area contributed by atoms with E-state index in [9.17, 15) is 4.39 Å². The molecule has 3 nitrogen and oxygen atoms in total. The highest BCUT2D eigenvalue weighted by molar-refractivity contribution is 5.82. The van der Waals surface area contributed by atoms with Crippen molar-refractivity contribution in [1.29, 1.82) is 0 Å². The Hall–Kier alpha value is -1.39. The van der Waals surface area contributed by atoms with Gasteiger partial charge in [0.05, 0.1) is 6.54 Å². The summed E-state index contributed by atoms with van der Waals surface area (Å²) in [7, 11) is 0. The van der Waals surface area contributed by atoms with Crippen LogP contribution in [0.25, 0.3) is 11.0 Å². The molecule has 2 rings (SSSR count). The summed E-state index contributed by atoms with van der Waals surface area (Å²) in [5.41, 5.74) is 1.89. The van der Waals surface area contributed by atoms with Gasteiger partial charge in [-0.25, -0.2) is 4.39 Å². The Morgan fingerprint density at radius 2 is 1.95 bits per heavy atom. The zero-order chi connectivity index (χ0) is 14.8. The Bertz CT molecular complexity index is 584. The number of halogens is 1. The number of benzene rings is 1. The van der Waals surface area contributed by atoms with Gasteiger partial charge in [-0.05, 0) is 51.5 Å². The predicted octanol–water partition coefficient (Wildman–Crippen LogP) is 3.36. The molecule has 1 heterocycles. The number of furan rings is 1. The summed E-state index contributed by atoms with van der Waals surface area (Å²) in [5.74, 6) is 0.650. The van der Waals surface area contributed by atoms with Gasteiger partial charge >= 0.3 is 0 Å². The first-order chi connectivity index (χ1) is 9.37. The van der Waals surface area contributed by atoms with Crippen molar-refractivity contribution in [1.82, 2.24) is 10.6 Å². The highest BCUT2D eigenvalue weighted by atomic mass is 19.1. The fourth-order valence-corrected chi connectivity index (χ4v) is 2.14. The molecule has 0 aliphatic rings. The van der Waals surface area contributed by atoms with Crippen LogP contribution >= 0.6 is 0 Å². The summed E-state index contributed by atoms with van der Waals surface area (Å²) in [6.45, 7) is 10.8. The van der Waals surface area contributed by atoms with E-state index in [0.29, 0.717) is 6.54 Å². The van der Waals surface area contributed by atoms with E-state index in [1.807, 2.05) is 6.92 Å². The van der Waals surface area contributed by atoms with Crippen LogP contribution in [-0.2, 0) is 6.54 Å². The fourth-order valence-electron chi connectivity index (χ4n) is 2.14. The molecule has 0 radical (unpaired) electrons. The van der Waals surface area contributed by atoms with E-state index in [0.717, 1.165) is 35.4 Å². The summed E-state index contributed by atoms with van der Waals surface area (Å²) in [4.78, 5) is 0. The first kappa shape index (κ1) is 15.0. The summed E-state index contributed by atoms with van der Waals surface area (Å²) in [5, 5.41) is 7.61. The van der Waals surface area contributed by atoms with E-state index in [4.69, 9.17) is 4.42 Å². The van der Waals surface area contributed by atoms with Gasteiger partial charge in [0.25, 0.3) is 0 Å². The monoisotopic (exact) mass is 278 g/mol. The molecule has 0 amide bonds. The largest absolute Gasteiger partial charge is 0.459 e. The van der Waals surface area contributed by atoms with Gasteiger partial charge in [-0.15, -0.1) is 0 Å². The van der Waals surface area contributed by atoms with E-state index in [1.54, 1.807) is 6.07 Å². The maximum absolute atomic E-state index is 13.2. The standard InChI is InChI=1S/C16H23FN2O/c1-11-13-9-12(17)5-6-14(13)20-15(11)10-18-7-8-19-16(2,3)4/h5-6,9,18-19H,7-8,10H2,1-4H3. The quantitative estimate of drug-likeness (QED) is 0.824. The van der Waals surface area contributed by atoms with E-state index >= 15 is 0 Å². The van der Waals surface area contributed by atoms with Crippen LogP contribution < -0.4 is 10.6 Å². The summed E-state index contributed by atoms with van der Waals surface area (Å²) in [6.07, 6.45) is 0. The second-order valence-corrected chi connectivity index (χ2v) is 6.14. The van der Waals surface area contributed by atoms with E-state index < -0.39 is 0 Å². The number of hydrogen-bond acceptors (Lipinski definition) is 3. The van der Waals surface area contributed by atoms with Gasteiger partial charge in [-0.3, -0.25) is 0 Å². The van der Waals surface area contributed by atoms with Crippen LogP contribution in [0.2, 0.25) is 0 Å². The molecule has 4 heteroatoms. The number of aryl methyl sites for hydroxylation is 1. The Morgan fingerprint density at radius 1 is 1.20 bits per heavy atom. The van der Waals surface area contributed by atoms with Crippen LogP contribution in [0.1, 0.15) is 32.1 Å². The molecule has 0 bridgehead atoms. The maximum Gasteiger partial charge on any atom is 0.134 e. The Labute approximate surface area is 119 Å². The van der Waals surface area contributed by atoms with Crippen LogP contribution in [0.5, 0.6) is 0 Å². The topological polar surface area (TPSA) is 37.2 Å². The Morgan fingerprint density at radius 3 is 2.65 bits per heavy atom. The van der Waals surface area contributed by atoms with Gasteiger partial charge in [-0.1, -0.05) is 0 Å². The number of rotatable bonds is 5. The van der Waals surface area contributed by atoms with Crippen LogP contribution in [0.15, 0.2) is 22.6 Å². The molecule has 0 fully saturated rings. The minimum atomic E-state index is -0.227. The Kier molecular flexibility index (Phi) is 4.45. The average molecular weight is 278 g/mol. The number of hydrogen-bond donors (Lipinski definition) is 2. The van der Waals surface area contributed by atoms with Crippen LogP contribution in [-0.4, -0.2) is 18.6 Å². The lowest BCUT2D eigenvalue weighted by Gasteiger charge is -2.20. The molecule has 2 N–H and O–H groups in total. The van der Waals surface area contributed by atoms with Crippen LogP contribution in [0, 0.1) is 12.7 Å². The molecule has 110 valence electrons. The van der Waals surface area contributed by atoms with Crippen LogP contribution in [0.3, 0.4) is 0 Å². The molecule has 0 saturated heterocycles. The van der Waals surface area contributed by atoms with E-state index in [1.165, 1.54) is 12.1 Å². The van der Waals surface area contributed by atoms with Crippen molar-refractivity contribution >= 4 is 11.0 Å². The molecule has 0 saturated carbocycles. The van der Waals surface area contributed by atoms with Gasteiger partial charge in [0.2, 0.25) is 0 Å². The summed E-state index contributed by atoms with van der Waals surface area (Å²) >= 11 is 0. The van der Waals surface area contributed by atoms with E-state index in [2.05, 4.69) is 31.4 Å². The smallest absolute Gasteiger partial charge is 0.134 e. The van der Waals surface area contributed by atoms with Gasteiger partial charge in [0.1, 0.15) is 17.2 Å². The van der Waals surface area contributed by atoms with Crippen molar-refractivity contribution in [2.45, 2.75) is 39.8 Å². The molecule has 0 spiro atoms. The van der Waals surface area contributed by atoms with Gasteiger partial charge in [0, 0.05) is 24.0 Å². The zero-order valence-corrected chi connectivity index (χ0v) is 12.6. The maximum atomic E-state index is 13.2. The molecule has 0 aliphatic carbocycles. The minimum Gasteiger partial charge on any atom is -0.459 e. The lowest BCUT2D eigenvalue weighted by Crippen LogP contribution is -2.40. The second-order valence-electron chi connectivity index (χ2n) is 6.14. The van der Waals surface area contributed by atoms with Crippen molar-refractivity contribution in [3.05, 3.63) is 35.3 Å². The van der Waals surface area contributed by atoms with Gasteiger partial charge < -0.3 is 15.1 Å². The number of nitrogens with one attached hydrogen (secondary N) is 2. The Balaban J connectivity index is 1.92. The first-order valence-electron chi connectivity index (χ1n) is 7.00. The van der Waals surface area contributed by atoms with Crippen molar-refractivity contribution in [2.75, 3.05) is 13.1 Å². The SMILES string of the molecule is Cc1c(CNCCNC(C)(C)C)oc2ccc(F)cc12. The summed E-state index contributed by atoms with van der Waals surface area (Å²) in [6, 6.07) is 4.64. The molecule has 2 aromatic rings. The third-order valence-electron chi connectivity index (χ3n) is 3.24. The fraction of sp³-hybridized carbons (Fsp3) is 0.500. The van der Waals surface area contributed by atoms with Crippen molar-refractivity contribution < 1.29 is 8.81 Å². The minimum absolute atomic E-state index is 0.133. The highest BCUT2D eigenvalue weighted by Crippen LogP contribution is 2.25. The predicted molar refractivity (Wildman–Crippen MR) is 80.4 cm³/mol. The molecule has 1 aromatic heterocycles. The van der Waals surface area contributed by atoms with Gasteiger partial charge in [0.15, 0.2) is 0 Å². The molecule has 0 unspecified atom stereocenters. The van der Waals surface area contributed by atoms with Gasteiger partial charge in [-0.2, -0.15) is 0 Å². The van der Waals surface area contributed by atoms with Crippen LogP contribution in [0.4, 0.5) is 4.39 Å². The second kappa shape index (κ2) is 5.94. The zero-order valence-electron chi connectivity index (χ0n) is 12.6. The highest BCUT2D eigenvalue weighted by Gasteiger charge is 2.11. The lowest BCUT2D eigenvalue weighted by atomic mass is 10.1. The van der Waals surface area contributed by atoms with Crippen molar-refractivity contribution in [3.8, 4) is 0 Å². The third-order valence-corrected chi connectivity index (χ3v) is 3.24. The first-order valence-corrected chi connectivity index (χ1v) is 7.00. The third kappa shape index (κ3) is 3.81. The molecule has 20 heavy (non-hydrogen) atoms. The molecule has 0 atom stereocenters. The normalized spacial score (nSPS) is 12.2.